The molecule has 7 nitrogen and oxygen atoms in total. The minimum absolute atomic E-state index is 0.0428. The highest BCUT2D eigenvalue weighted by atomic mass is 19.4. The van der Waals surface area contributed by atoms with Crippen LogP contribution in [0, 0.1) is 13.8 Å². The second-order valence-electron chi connectivity index (χ2n) is 7.07. The maximum Gasteiger partial charge on any atom is 0.416 e. The van der Waals surface area contributed by atoms with Gasteiger partial charge < -0.3 is 19.9 Å². The smallest absolute Gasteiger partial charge is 0.416 e. The molecule has 1 amide bonds. The van der Waals surface area contributed by atoms with Gasteiger partial charge in [0, 0.05) is 18.0 Å². The first-order valence-electron chi connectivity index (χ1n) is 9.55. The van der Waals surface area contributed by atoms with Gasteiger partial charge in [-0.25, -0.2) is 9.78 Å². The number of hydrogen-bond acceptors (Lipinski definition) is 6. The summed E-state index contributed by atoms with van der Waals surface area (Å²) in [6.07, 6.45) is -3.19. The fourth-order valence-corrected chi connectivity index (χ4v) is 3.09. The highest BCUT2D eigenvalue weighted by Crippen LogP contribution is 2.32. The SMILES string of the molecule is COc1ccnc(C(=O)Nc2cc(C)c(OC(=O)c3ccc(C(F)(F)F)cc3)c(C)c2)c1O. The van der Waals surface area contributed by atoms with Crippen LogP contribution in [0.5, 0.6) is 17.2 Å². The molecule has 0 saturated carbocycles. The number of aryl methyl sites for hydroxylation is 2. The van der Waals surface area contributed by atoms with Crippen LogP contribution in [0.15, 0.2) is 48.7 Å². The fourth-order valence-electron chi connectivity index (χ4n) is 3.09. The molecule has 0 aliphatic rings. The Kier molecular flexibility index (Phi) is 6.57. The fraction of sp³-hybridized carbons (Fsp3) is 0.174. The van der Waals surface area contributed by atoms with Crippen molar-refractivity contribution in [2.45, 2.75) is 20.0 Å². The number of nitrogens with one attached hydrogen (secondary N) is 1. The average Bonchev–Trinajstić information content (AvgIpc) is 2.75. The van der Waals surface area contributed by atoms with Gasteiger partial charge in [-0.15, -0.1) is 0 Å². The number of hydrogen-bond donors (Lipinski definition) is 2. The Labute approximate surface area is 186 Å². The van der Waals surface area contributed by atoms with Gasteiger partial charge in [-0.3, -0.25) is 4.79 Å². The largest absolute Gasteiger partial charge is 0.503 e. The molecular weight excluding hydrogens is 441 g/mol. The maximum atomic E-state index is 12.7. The number of aromatic nitrogens is 1. The molecule has 0 saturated heterocycles. The van der Waals surface area contributed by atoms with Crippen LogP contribution in [-0.4, -0.2) is 29.1 Å². The number of ether oxygens (including phenoxy) is 2. The third kappa shape index (κ3) is 5.22. The lowest BCUT2D eigenvalue weighted by Crippen LogP contribution is -2.15. The van der Waals surface area contributed by atoms with Gasteiger partial charge in [0.1, 0.15) is 5.75 Å². The van der Waals surface area contributed by atoms with E-state index in [1.165, 1.54) is 31.5 Å². The topological polar surface area (TPSA) is 97.8 Å². The normalized spacial score (nSPS) is 11.1. The van der Waals surface area contributed by atoms with Gasteiger partial charge in [-0.1, -0.05) is 0 Å². The lowest BCUT2D eigenvalue weighted by molar-refractivity contribution is -0.137. The van der Waals surface area contributed by atoms with Gasteiger partial charge in [0.05, 0.1) is 18.2 Å². The number of alkyl halides is 3. The molecule has 33 heavy (non-hydrogen) atoms. The highest BCUT2D eigenvalue weighted by molar-refractivity contribution is 6.05. The van der Waals surface area contributed by atoms with Crippen molar-refractivity contribution in [3.05, 3.63) is 76.6 Å². The van der Waals surface area contributed by atoms with Crippen LogP contribution in [0.3, 0.4) is 0 Å². The molecule has 1 aromatic heterocycles. The quantitative estimate of drug-likeness (QED) is 0.415. The third-order valence-electron chi connectivity index (χ3n) is 4.68. The summed E-state index contributed by atoms with van der Waals surface area (Å²) in [4.78, 5) is 28.8. The zero-order valence-electron chi connectivity index (χ0n) is 17.8. The summed E-state index contributed by atoms with van der Waals surface area (Å²) >= 11 is 0. The predicted molar refractivity (Wildman–Crippen MR) is 113 cm³/mol. The van der Waals surface area contributed by atoms with Gasteiger partial charge >= 0.3 is 12.1 Å². The molecule has 3 aromatic rings. The second kappa shape index (κ2) is 9.19. The van der Waals surface area contributed by atoms with Crippen molar-refractivity contribution in [1.82, 2.24) is 4.98 Å². The van der Waals surface area contributed by atoms with Crippen molar-refractivity contribution < 1.29 is 37.3 Å². The summed E-state index contributed by atoms with van der Waals surface area (Å²) < 4.78 is 48.4. The van der Waals surface area contributed by atoms with Crippen molar-refractivity contribution in [2.75, 3.05) is 12.4 Å². The van der Waals surface area contributed by atoms with Gasteiger partial charge in [0.25, 0.3) is 5.91 Å². The van der Waals surface area contributed by atoms with Crippen LogP contribution >= 0.6 is 0 Å². The first-order valence-corrected chi connectivity index (χ1v) is 9.55. The van der Waals surface area contributed by atoms with Crippen LogP contribution in [0.4, 0.5) is 18.9 Å². The van der Waals surface area contributed by atoms with Crippen molar-refractivity contribution in [3.8, 4) is 17.2 Å². The molecular formula is C23H19F3N2O5. The molecule has 0 bridgehead atoms. The predicted octanol–water partition coefficient (Wildman–Crippen LogP) is 4.90. The standard InChI is InChI=1S/C23H19F3N2O5/c1-12-10-16(28-21(30)18-19(29)17(32-3)8-9-27-18)11-13(2)20(12)33-22(31)14-4-6-15(7-5-14)23(24,25)26/h4-11,29H,1-3H3,(H,28,30). The second-order valence-corrected chi connectivity index (χ2v) is 7.07. The number of esters is 1. The number of carbonyl (C=O) groups is 2. The highest BCUT2D eigenvalue weighted by Gasteiger charge is 2.30. The lowest BCUT2D eigenvalue weighted by atomic mass is 10.1. The van der Waals surface area contributed by atoms with Crippen molar-refractivity contribution in [2.24, 2.45) is 0 Å². The summed E-state index contributed by atoms with van der Waals surface area (Å²) in [6, 6.07) is 8.17. The van der Waals surface area contributed by atoms with Gasteiger partial charge in [-0.2, -0.15) is 13.2 Å². The Bertz CT molecular complexity index is 1180. The average molecular weight is 460 g/mol. The van der Waals surface area contributed by atoms with Crippen LogP contribution in [-0.2, 0) is 6.18 Å². The number of methoxy groups -OCH3 is 1. The Balaban J connectivity index is 1.78. The number of nitrogens with zero attached hydrogens (tertiary/aromatic N) is 1. The van der Waals surface area contributed by atoms with E-state index in [4.69, 9.17) is 9.47 Å². The molecule has 0 aliphatic carbocycles. The minimum Gasteiger partial charge on any atom is -0.503 e. The first-order chi connectivity index (χ1) is 15.5. The van der Waals surface area contributed by atoms with E-state index in [2.05, 4.69) is 10.3 Å². The van der Waals surface area contributed by atoms with Crippen molar-refractivity contribution in [1.29, 1.82) is 0 Å². The van der Waals surface area contributed by atoms with Gasteiger partial charge in [-0.05, 0) is 61.4 Å². The summed E-state index contributed by atoms with van der Waals surface area (Å²) in [5.74, 6) is -1.61. The molecule has 172 valence electrons. The molecule has 0 unspecified atom stereocenters. The van der Waals surface area contributed by atoms with E-state index in [1.54, 1.807) is 13.8 Å². The van der Waals surface area contributed by atoms with E-state index < -0.39 is 29.4 Å². The summed E-state index contributed by atoms with van der Waals surface area (Å²) in [7, 11) is 1.34. The monoisotopic (exact) mass is 460 g/mol. The zero-order chi connectivity index (χ0) is 24.3. The summed E-state index contributed by atoms with van der Waals surface area (Å²) in [6.45, 7) is 3.28. The number of aromatic hydroxyl groups is 1. The molecule has 2 aromatic carbocycles. The third-order valence-corrected chi connectivity index (χ3v) is 4.68. The first kappa shape index (κ1) is 23.6. The number of rotatable bonds is 5. The van der Waals surface area contributed by atoms with E-state index in [0.29, 0.717) is 16.8 Å². The number of anilines is 1. The maximum absolute atomic E-state index is 12.7. The van der Waals surface area contributed by atoms with Gasteiger partial charge in [0.2, 0.25) is 0 Å². The van der Waals surface area contributed by atoms with E-state index in [9.17, 15) is 27.9 Å². The van der Waals surface area contributed by atoms with E-state index in [1.807, 2.05) is 0 Å². The Morgan fingerprint density at radius 1 is 1.03 bits per heavy atom. The number of benzene rings is 2. The van der Waals surface area contributed by atoms with E-state index >= 15 is 0 Å². The Morgan fingerprint density at radius 2 is 1.64 bits per heavy atom. The zero-order valence-corrected chi connectivity index (χ0v) is 17.8. The lowest BCUT2D eigenvalue weighted by Gasteiger charge is -2.14. The molecule has 10 heteroatoms. The van der Waals surface area contributed by atoms with E-state index in [-0.39, 0.29) is 22.8 Å². The van der Waals surface area contributed by atoms with Crippen LogP contribution in [0.1, 0.15) is 37.5 Å². The molecule has 0 fully saturated rings. The minimum atomic E-state index is -4.51. The van der Waals surface area contributed by atoms with E-state index in [0.717, 1.165) is 24.3 Å². The summed E-state index contributed by atoms with van der Waals surface area (Å²) in [5.41, 5.74) is 0.194. The summed E-state index contributed by atoms with van der Waals surface area (Å²) in [5, 5.41) is 12.7. The number of amides is 1. The Morgan fingerprint density at radius 3 is 2.18 bits per heavy atom. The van der Waals surface area contributed by atoms with Crippen molar-refractivity contribution >= 4 is 17.6 Å². The molecule has 0 spiro atoms. The number of pyridine rings is 1. The number of halogens is 3. The Hall–Kier alpha value is -4.08. The molecule has 0 aliphatic heterocycles. The molecule has 0 radical (unpaired) electrons. The molecule has 0 atom stereocenters. The van der Waals surface area contributed by atoms with Crippen LogP contribution in [0.2, 0.25) is 0 Å². The molecule has 3 rings (SSSR count). The van der Waals surface area contributed by atoms with Crippen LogP contribution < -0.4 is 14.8 Å². The van der Waals surface area contributed by atoms with Crippen molar-refractivity contribution in [3.63, 3.8) is 0 Å². The molecule has 1 heterocycles. The van der Waals surface area contributed by atoms with Crippen LogP contribution in [0.25, 0.3) is 0 Å². The molecule has 2 N–H and O–H groups in total. The number of carbonyl (C=O) groups excluding carboxylic acids is 2. The van der Waals surface area contributed by atoms with Gasteiger partial charge in [0.15, 0.2) is 17.2 Å².